The van der Waals surface area contributed by atoms with Gasteiger partial charge in [0.05, 0.1) is 23.4 Å². The van der Waals surface area contributed by atoms with E-state index in [2.05, 4.69) is 9.72 Å². The Morgan fingerprint density at radius 1 is 1.02 bits per heavy atom. The maximum absolute atomic E-state index is 13.1. The van der Waals surface area contributed by atoms with Crippen molar-refractivity contribution in [2.24, 2.45) is 0 Å². The molecule has 1 atom stereocenters. The van der Waals surface area contributed by atoms with Gasteiger partial charge in [0, 0.05) is 25.9 Å². The second-order valence-electron chi connectivity index (χ2n) is 10.9. The number of hydrogen-bond acceptors (Lipinski definition) is 6. The lowest BCUT2D eigenvalue weighted by Crippen LogP contribution is -2.52. The average Bonchev–Trinajstić information content (AvgIpc) is 2.94. The van der Waals surface area contributed by atoms with Crippen molar-refractivity contribution in [3.8, 4) is 16.9 Å². The second-order valence-corrected chi connectivity index (χ2v) is 12.9. The van der Waals surface area contributed by atoms with E-state index in [0.29, 0.717) is 24.8 Å². The van der Waals surface area contributed by atoms with Crippen molar-refractivity contribution in [3.05, 3.63) is 83.4 Å². The summed E-state index contributed by atoms with van der Waals surface area (Å²) < 4.78 is 87.5. The molecule has 2 aromatic carbocycles. The molecule has 5 rings (SSSR count). The molecule has 0 bridgehead atoms. The van der Waals surface area contributed by atoms with Gasteiger partial charge >= 0.3 is 12.3 Å². The van der Waals surface area contributed by atoms with E-state index in [-0.39, 0.29) is 30.3 Å². The van der Waals surface area contributed by atoms with Crippen LogP contribution in [0.1, 0.15) is 43.0 Å². The predicted octanol–water partition coefficient (Wildman–Crippen LogP) is 6.25. The fourth-order valence-electron chi connectivity index (χ4n) is 5.26. The molecule has 3 heterocycles. The van der Waals surface area contributed by atoms with Crippen LogP contribution in [0.3, 0.4) is 0 Å². The van der Waals surface area contributed by atoms with Crippen molar-refractivity contribution >= 4 is 15.9 Å². The van der Waals surface area contributed by atoms with E-state index in [9.17, 15) is 30.8 Å². The number of nitrogens with zero attached hydrogens (tertiary/aromatic N) is 2. The average molecular weight is 607 g/mol. The molecule has 3 aromatic rings. The Morgan fingerprint density at radius 2 is 1.71 bits per heavy atom. The molecule has 1 fully saturated rings. The van der Waals surface area contributed by atoms with Gasteiger partial charge in [0.25, 0.3) is 0 Å². The normalized spacial score (nSPS) is 17.3. The minimum atomic E-state index is -4.60. The number of carbonyl (C=O) groups is 1. The number of carbonyl (C=O) groups excluding carboxylic acids is 1. The number of fused-ring (bicyclic) bond motifs is 1. The second kappa shape index (κ2) is 11.5. The molecule has 1 unspecified atom stereocenters. The van der Waals surface area contributed by atoms with Crippen LogP contribution in [0.5, 0.6) is 5.75 Å². The number of aromatic nitrogens is 1. The summed E-state index contributed by atoms with van der Waals surface area (Å²) in [4.78, 5) is 17.3. The Labute approximate surface area is 241 Å². The number of sulfone groups is 1. The van der Waals surface area contributed by atoms with Gasteiger partial charge in [-0.3, -0.25) is 4.98 Å². The smallest absolute Gasteiger partial charge is 0.425 e. The van der Waals surface area contributed by atoms with Gasteiger partial charge in [-0.25, -0.2) is 17.6 Å². The Bertz CT molecular complexity index is 1540. The van der Waals surface area contributed by atoms with Crippen molar-refractivity contribution in [2.75, 3.05) is 13.1 Å². The van der Waals surface area contributed by atoms with Gasteiger partial charge < -0.3 is 14.4 Å². The number of alkyl halides is 3. The van der Waals surface area contributed by atoms with Gasteiger partial charge in [-0.05, 0) is 66.3 Å². The molecule has 7 nitrogen and oxygen atoms in total. The molecule has 2 aliphatic rings. The van der Waals surface area contributed by atoms with E-state index in [1.54, 1.807) is 12.1 Å². The molecule has 0 saturated carbocycles. The van der Waals surface area contributed by atoms with Gasteiger partial charge in [0.15, 0.2) is 15.9 Å². The minimum Gasteiger partial charge on any atom is -0.487 e. The van der Waals surface area contributed by atoms with Crippen molar-refractivity contribution in [2.45, 2.75) is 62.0 Å². The van der Waals surface area contributed by atoms with Gasteiger partial charge in [0.2, 0.25) is 0 Å². The first kappa shape index (κ1) is 29.8. The summed E-state index contributed by atoms with van der Waals surface area (Å²) >= 11 is 0. The third-order valence-electron chi connectivity index (χ3n) is 7.74. The molecule has 0 radical (unpaired) electrons. The summed E-state index contributed by atoms with van der Waals surface area (Å²) in [7, 11) is -3.50. The van der Waals surface area contributed by atoms with E-state index < -0.39 is 39.6 Å². The number of pyridine rings is 1. The molecule has 224 valence electrons. The third kappa shape index (κ3) is 7.03. The van der Waals surface area contributed by atoms with E-state index in [1.165, 1.54) is 17.0 Å². The number of piperidine rings is 1. The lowest BCUT2D eigenvalue weighted by Gasteiger charge is -2.44. The molecule has 12 heteroatoms. The zero-order chi connectivity index (χ0) is 30.1. The summed E-state index contributed by atoms with van der Waals surface area (Å²) in [6.45, 7) is 1.31. The first-order valence-corrected chi connectivity index (χ1v) is 15.4. The maximum Gasteiger partial charge on any atom is 0.425 e. The number of halogens is 4. The van der Waals surface area contributed by atoms with Crippen LogP contribution in [0.2, 0.25) is 0 Å². The first-order chi connectivity index (χ1) is 19.8. The first-order valence-electron chi connectivity index (χ1n) is 13.6. The van der Waals surface area contributed by atoms with E-state index in [4.69, 9.17) is 4.74 Å². The van der Waals surface area contributed by atoms with Crippen molar-refractivity contribution in [1.29, 1.82) is 0 Å². The highest BCUT2D eigenvalue weighted by Gasteiger charge is 2.43. The fourth-order valence-corrected chi connectivity index (χ4v) is 6.68. The molecule has 0 N–H and O–H groups in total. The number of aryl methyl sites for hydroxylation is 1. The number of likely N-dealkylation sites (tertiary alicyclic amines) is 1. The van der Waals surface area contributed by atoms with E-state index >= 15 is 0 Å². The zero-order valence-corrected chi connectivity index (χ0v) is 23.7. The molecule has 1 spiro atoms. The zero-order valence-electron chi connectivity index (χ0n) is 22.9. The Hall–Kier alpha value is -3.67. The van der Waals surface area contributed by atoms with Gasteiger partial charge in [0.1, 0.15) is 17.2 Å². The highest BCUT2D eigenvalue weighted by Crippen LogP contribution is 2.41. The molecule has 42 heavy (non-hydrogen) atoms. The number of benzene rings is 2. The van der Waals surface area contributed by atoms with Crippen LogP contribution in [-0.2, 0) is 32.5 Å². The Kier molecular flexibility index (Phi) is 8.19. The quantitative estimate of drug-likeness (QED) is 0.309. The Morgan fingerprint density at radius 3 is 2.36 bits per heavy atom. The summed E-state index contributed by atoms with van der Waals surface area (Å²) in [6.07, 6.45) is -4.30. The van der Waals surface area contributed by atoms with Crippen LogP contribution in [-0.4, -0.2) is 55.4 Å². The molecule has 0 aliphatic carbocycles. The number of amides is 1. The summed E-state index contributed by atoms with van der Waals surface area (Å²) in [5.41, 5.74) is 3.32. The largest absolute Gasteiger partial charge is 0.487 e. The molecular formula is C30H30F4N2O5S. The monoisotopic (exact) mass is 606 g/mol. The highest BCUT2D eigenvalue weighted by atomic mass is 32.2. The third-order valence-corrected chi connectivity index (χ3v) is 9.25. The lowest BCUT2D eigenvalue weighted by atomic mass is 9.82. The highest BCUT2D eigenvalue weighted by molar-refractivity contribution is 7.89. The van der Waals surface area contributed by atoms with Crippen LogP contribution in [0.4, 0.5) is 22.4 Å². The van der Waals surface area contributed by atoms with Crippen LogP contribution < -0.4 is 4.74 Å². The van der Waals surface area contributed by atoms with E-state index in [0.717, 1.165) is 42.0 Å². The van der Waals surface area contributed by atoms with Gasteiger partial charge in [-0.1, -0.05) is 30.3 Å². The predicted molar refractivity (Wildman–Crippen MR) is 147 cm³/mol. The van der Waals surface area contributed by atoms with Crippen molar-refractivity contribution in [3.63, 3.8) is 0 Å². The van der Waals surface area contributed by atoms with Crippen LogP contribution in [0, 0.1) is 5.82 Å². The summed E-state index contributed by atoms with van der Waals surface area (Å²) in [5.74, 6) is -0.225. The van der Waals surface area contributed by atoms with Crippen LogP contribution >= 0.6 is 0 Å². The molecule has 1 saturated heterocycles. The van der Waals surface area contributed by atoms with Crippen LogP contribution in [0.25, 0.3) is 11.1 Å². The molecular weight excluding hydrogens is 576 g/mol. The van der Waals surface area contributed by atoms with Crippen molar-refractivity contribution in [1.82, 2.24) is 9.88 Å². The van der Waals surface area contributed by atoms with Crippen molar-refractivity contribution < 1.29 is 40.2 Å². The molecule has 2 aliphatic heterocycles. The number of rotatable bonds is 6. The maximum atomic E-state index is 13.1. The number of ether oxygens (including phenoxy) is 2. The van der Waals surface area contributed by atoms with Gasteiger partial charge in [-0.2, -0.15) is 13.2 Å². The summed E-state index contributed by atoms with van der Waals surface area (Å²) in [5, 5.41) is 0. The minimum absolute atomic E-state index is 0.164. The number of hydrogen-bond donors (Lipinski definition) is 0. The lowest BCUT2D eigenvalue weighted by molar-refractivity contribution is -0.200. The Balaban J connectivity index is 1.18. The molecule has 1 amide bonds. The van der Waals surface area contributed by atoms with Crippen LogP contribution in [0.15, 0.2) is 60.8 Å². The molecule has 1 aromatic heterocycles. The SMILES string of the molecule is CC(OC(=O)N1CCC2(CCc3cc(-c4ccc(CS(=O)(=O)Cc5ccc(F)cn5)cc4)ccc3O2)CC1)C(F)(F)F. The standard InChI is InChI=1S/C30H30F4N2O5S/c1-20(30(32,33)34)40-28(37)36-14-12-29(13-15-36)11-10-24-16-23(6-9-27(24)41-29)22-4-2-21(3-5-22)18-42(38,39)19-26-8-7-25(31)17-35-26/h2-9,16-17,20H,10-15,18-19H2,1H3. The topological polar surface area (TPSA) is 85.8 Å². The fraction of sp³-hybridized carbons (Fsp3) is 0.400. The van der Waals surface area contributed by atoms with Gasteiger partial charge in [-0.15, -0.1) is 0 Å². The summed E-state index contributed by atoms with van der Waals surface area (Å²) in [6, 6.07) is 15.7. The van der Waals surface area contributed by atoms with E-state index in [1.807, 2.05) is 30.3 Å².